The minimum Gasteiger partial charge on any atom is -0.491 e. The molecule has 1 aliphatic carbocycles. The van der Waals surface area contributed by atoms with E-state index in [4.69, 9.17) is 14.2 Å². The summed E-state index contributed by atoms with van der Waals surface area (Å²) in [5, 5.41) is 13.7. The number of nitrogens with zero attached hydrogens (tertiary/aromatic N) is 2. The maximum atomic E-state index is 12.1. The zero-order valence-corrected chi connectivity index (χ0v) is 19.3. The molecule has 7 nitrogen and oxygen atoms in total. The molecule has 0 radical (unpaired) electrons. The van der Waals surface area contributed by atoms with Crippen LogP contribution in [0.15, 0.2) is 42.5 Å². The van der Waals surface area contributed by atoms with Gasteiger partial charge in [-0.05, 0) is 62.9 Å². The molecule has 7 heteroatoms. The Labute approximate surface area is 193 Å². The largest absolute Gasteiger partial charge is 0.491 e. The lowest BCUT2D eigenvalue weighted by Gasteiger charge is -2.25. The maximum absolute atomic E-state index is 12.1. The van der Waals surface area contributed by atoms with Crippen molar-refractivity contribution in [3.05, 3.63) is 48.0 Å². The molecule has 3 aromatic rings. The molecule has 0 aliphatic heterocycles. The van der Waals surface area contributed by atoms with Gasteiger partial charge in [0.2, 0.25) is 0 Å². The maximum Gasteiger partial charge on any atom is 0.411 e. The molecule has 1 amide bonds. The van der Waals surface area contributed by atoms with Gasteiger partial charge in [-0.3, -0.25) is 5.32 Å². The SMILES string of the molecule is COCCOc1ccc2c(C#N)c(-c3ccc(NC(=O)OC4CCC4)cc3)n(C(C)C)c2c1. The summed E-state index contributed by atoms with van der Waals surface area (Å²) < 4.78 is 18.4. The third kappa shape index (κ3) is 4.81. The van der Waals surface area contributed by atoms with Crippen LogP contribution in [0.1, 0.15) is 44.7 Å². The second-order valence-electron chi connectivity index (χ2n) is 8.48. The first-order valence-corrected chi connectivity index (χ1v) is 11.3. The number of fused-ring (bicyclic) bond motifs is 1. The molecule has 1 heterocycles. The Morgan fingerprint density at radius 1 is 1.18 bits per heavy atom. The van der Waals surface area contributed by atoms with Crippen molar-refractivity contribution in [2.24, 2.45) is 0 Å². The average Bonchev–Trinajstić information content (AvgIpc) is 3.11. The molecule has 2 aromatic carbocycles. The molecule has 1 saturated carbocycles. The van der Waals surface area contributed by atoms with E-state index in [1.807, 2.05) is 42.5 Å². The van der Waals surface area contributed by atoms with Gasteiger partial charge in [0.1, 0.15) is 24.5 Å². The fourth-order valence-electron chi connectivity index (χ4n) is 4.05. The minimum absolute atomic E-state index is 0.0348. The summed E-state index contributed by atoms with van der Waals surface area (Å²) in [5.74, 6) is 0.736. The lowest BCUT2D eigenvalue weighted by molar-refractivity contribution is 0.0624. The molecule has 1 aliphatic rings. The van der Waals surface area contributed by atoms with Gasteiger partial charge in [-0.1, -0.05) is 12.1 Å². The lowest BCUT2D eigenvalue weighted by atomic mass is 9.96. The number of amides is 1. The number of ether oxygens (including phenoxy) is 3. The number of hydrogen-bond donors (Lipinski definition) is 1. The number of carbonyl (C=O) groups excluding carboxylic acids is 1. The standard InChI is InChI=1S/C26H29N3O4/c1-17(2)29-24-15-21(32-14-13-31-3)11-12-22(24)23(16-27)25(29)18-7-9-19(10-8-18)28-26(30)33-20-5-4-6-20/h7-12,15,17,20H,4-6,13-14H2,1-3H3,(H,28,30). The van der Waals surface area contributed by atoms with Crippen molar-refractivity contribution in [1.29, 1.82) is 5.26 Å². The van der Waals surface area contributed by atoms with E-state index in [9.17, 15) is 10.1 Å². The highest BCUT2D eigenvalue weighted by Crippen LogP contribution is 2.38. The van der Waals surface area contributed by atoms with Gasteiger partial charge in [0.15, 0.2) is 0 Å². The molecule has 1 fully saturated rings. The molecule has 0 spiro atoms. The van der Waals surface area contributed by atoms with Crippen LogP contribution in [-0.2, 0) is 9.47 Å². The summed E-state index contributed by atoms with van der Waals surface area (Å²) in [6, 6.07) is 15.8. The molecule has 0 unspecified atom stereocenters. The number of benzene rings is 2. The first-order valence-electron chi connectivity index (χ1n) is 11.3. The number of anilines is 1. The molecule has 0 bridgehead atoms. The Kier molecular flexibility index (Phi) is 6.85. The lowest BCUT2D eigenvalue weighted by Crippen LogP contribution is -2.27. The average molecular weight is 448 g/mol. The van der Waals surface area contributed by atoms with Crippen molar-refractivity contribution >= 4 is 22.7 Å². The van der Waals surface area contributed by atoms with E-state index < -0.39 is 6.09 Å². The summed E-state index contributed by atoms with van der Waals surface area (Å²) in [6.45, 7) is 5.15. The van der Waals surface area contributed by atoms with Crippen LogP contribution in [0.4, 0.5) is 10.5 Å². The van der Waals surface area contributed by atoms with Crippen LogP contribution in [0.25, 0.3) is 22.2 Å². The van der Waals surface area contributed by atoms with E-state index in [2.05, 4.69) is 29.8 Å². The number of carbonyl (C=O) groups is 1. The normalized spacial score (nSPS) is 13.5. The second-order valence-corrected chi connectivity index (χ2v) is 8.48. The number of nitriles is 1. The Morgan fingerprint density at radius 3 is 2.55 bits per heavy atom. The van der Waals surface area contributed by atoms with Crippen molar-refractivity contribution in [3.8, 4) is 23.1 Å². The van der Waals surface area contributed by atoms with Crippen molar-refractivity contribution in [1.82, 2.24) is 4.57 Å². The van der Waals surface area contributed by atoms with Crippen LogP contribution in [0.3, 0.4) is 0 Å². The number of nitrogens with one attached hydrogen (secondary N) is 1. The first-order chi connectivity index (χ1) is 16.0. The van der Waals surface area contributed by atoms with Gasteiger partial charge < -0.3 is 18.8 Å². The smallest absolute Gasteiger partial charge is 0.411 e. The number of aromatic nitrogens is 1. The highest BCUT2D eigenvalue weighted by atomic mass is 16.6. The van der Waals surface area contributed by atoms with E-state index in [0.717, 1.165) is 47.2 Å². The zero-order chi connectivity index (χ0) is 23.4. The van der Waals surface area contributed by atoms with Crippen molar-refractivity contribution < 1.29 is 19.0 Å². The Hall–Kier alpha value is -3.50. The summed E-state index contributed by atoms with van der Waals surface area (Å²) >= 11 is 0. The van der Waals surface area contributed by atoms with E-state index in [1.54, 1.807) is 7.11 Å². The molecular formula is C26H29N3O4. The van der Waals surface area contributed by atoms with Gasteiger partial charge >= 0.3 is 6.09 Å². The van der Waals surface area contributed by atoms with Gasteiger partial charge in [-0.15, -0.1) is 0 Å². The van der Waals surface area contributed by atoms with Crippen LogP contribution in [0, 0.1) is 11.3 Å². The molecule has 172 valence electrons. The summed E-state index contributed by atoms with van der Waals surface area (Å²) in [4.78, 5) is 12.1. The highest BCUT2D eigenvalue weighted by molar-refractivity contribution is 5.95. The Balaban J connectivity index is 1.66. The monoisotopic (exact) mass is 447 g/mol. The van der Waals surface area contributed by atoms with E-state index in [-0.39, 0.29) is 12.1 Å². The van der Waals surface area contributed by atoms with Crippen LogP contribution in [0.2, 0.25) is 0 Å². The molecule has 0 saturated heterocycles. The van der Waals surface area contributed by atoms with E-state index in [0.29, 0.717) is 24.5 Å². The number of rotatable bonds is 8. The highest BCUT2D eigenvalue weighted by Gasteiger charge is 2.23. The van der Waals surface area contributed by atoms with Gasteiger partial charge in [-0.2, -0.15) is 5.26 Å². The Bertz CT molecular complexity index is 1170. The summed E-state index contributed by atoms with van der Waals surface area (Å²) in [7, 11) is 1.64. The zero-order valence-electron chi connectivity index (χ0n) is 19.3. The number of methoxy groups -OCH3 is 1. The van der Waals surface area contributed by atoms with Crippen LogP contribution in [0.5, 0.6) is 5.75 Å². The van der Waals surface area contributed by atoms with E-state index in [1.165, 1.54) is 0 Å². The predicted molar refractivity (Wildman–Crippen MR) is 128 cm³/mol. The van der Waals surface area contributed by atoms with Gasteiger partial charge in [0.25, 0.3) is 0 Å². The van der Waals surface area contributed by atoms with Gasteiger partial charge in [-0.25, -0.2) is 4.79 Å². The van der Waals surface area contributed by atoms with Crippen LogP contribution in [-0.4, -0.2) is 37.1 Å². The summed E-state index contributed by atoms with van der Waals surface area (Å²) in [6.07, 6.45) is 2.58. The Morgan fingerprint density at radius 2 is 1.94 bits per heavy atom. The molecule has 4 rings (SSSR count). The van der Waals surface area contributed by atoms with Crippen LogP contribution >= 0.6 is 0 Å². The topological polar surface area (TPSA) is 85.5 Å². The molecule has 0 atom stereocenters. The van der Waals surface area contributed by atoms with Crippen molar-refractivity contribution in [2.75, 3.05) is 25.6 Å². The third-order valence-electron chi connectivity index (χ3n) is 5.89. The molecule has 33 heavy (non-hydrogen) atoms. The molecule has 1 N–H and O–H groups in total. The van der Waals surface area contributed by atoms with Gasteiger partial charge in [0, 0.05) is 30.3 Å². The molecular weight excluding hydrogens is 418 g/mol. The quantitative estimate of drug-likeness (QED) is 0.435. The van der Waals surface area contributed by atoms with Crippen molar-refractivity contribution in [2.45, 2.75) is 45.3 Å². The fraction of sp³-hybridized carbons (Fsp3) is 0.385. The third-order valence-corrected chi connectivity index (χ3v) is 5.89. The van der Waals surface area contributed by atoms with E-state index >= 15 is 0 Å². The fourth-order valence-corrected chi connectivity index (χ4v) is 4.05. The predicted octanol–water partition coefficient (Wildman–Crippen LogP) is 5.89. The second kappa shape index (κ2) is 9.97. The van der Waals surface area contributed by atoms with Gasteiger partial charge in [0.05, 0.1) is 23.4 Å². The minimum atomic E-state index is -0.428. The summed E-state index contributed by atoms with van der Waals surface area (Å²) in [5.41, 5.74) is 3.96. The van der Waals surface area contributed by atoms with Crippen LogP contribution < -0.4 is 10.1 Å². The number of hydrogen-bond acceptors (Lipinski definition) is 5. The first kappa shape index (κ1) is 22.7. The van der Waals surface area contributed by atoms with Crippen molar-refractivity contribution in [3.63, 3.8) is 0 Å². The molecule has 1 aromatic heterocycles.